The third kappa shape index (κ3) is 7.49. The maximum atomic E-state index is 13.8. The number of nitrogens with one attached hydrogen (secondary N) is 2. The van der Waals surface area contributed by atoms with Gasteiger partial charge in [-0.15, -0.1) is 11.3 Å². The lowest BCUT2D eigenvalue weighted by Gasteiger charge is -2.42. The molecule has 7 N–H and O–H groups in total. The van der Waals surface area contributed by atoms with Gasteiger partial charge >= 0.3 is 0 Å². The van der Waals surface area contributed by atoms with Gasteiger partial charge < -0.3 is 21.5 Å². The van der Waals surface area contributed by atoms with Crippen LogP contribution in [0.5, 0.6) is 0 Å². The van der Waals surface area contributed by atoms with E-state index in [1.54, 1.807) is 5.38 Å². The number of rotatable bonds is 10. The van der Waals surface area contributed by atoms with E-state index < -0.39 is 46.3 Å². The molecule has 0 bridgehead atoms. The standard InChI is InChI=1S/C26H32F2N4O4S2/c1-2-15-3-4-17-13-38(35,36)14-23(21(17)7-15)30-11-24(33)22(8-16-5-18(27)9-19(28)6-16)32-25(34)10-20-12-37-26(29)31-20/h3-7,9,12,22-24,30,33,35-36H,2,8,10-11,13-14H2,1H3,(H2,29,31)(H,32,34)/t22-,23-,24+/m0/s1. The normalized spacial score (nSPS) is 18.8. The number of benzene rings is 2. The van der Waals surface area contributed by atoms with E-state index in [4.69, 9.17) is 5.73 Å². The molecular formula is C26H32F2N4O4S2. The number of carbonyl (C=O) groups excluding carboxylic acids is 1. The molecule has 206 valence electrons. The number of nitrogens with two attached hydrogens (primary N) is 1. The third-order valence-corrected chi connectivity index (χ3v) is 8.85. The van der Waals surface area contributed by atoms with Crippen LogP contribution in [0.25, 0.3) is 0 Å². The second-order valence-corrected chi connectivity index (χ2v) is 12.7. The first-order valence-corrected chi connectivity index (χ1v) is 15.0. The van der Waals surface area contributed by atoms with E-state index in [-0.39, 0.29) is 36.5 Å². The SMILES string of the molecule is CCc1ccc2c(c1)[C@@H](NC[C@@H](O)[C@H](Cc1cc(F)cc(F)c1)NC(=O)Cc1csc(N)n1)CS(O)(O)C2. The van der Waals surface area contributed by atoms with Crippen molar-refractivity contribution >= 4 is 33.0 Å². The van der Waals surface area contributed by atoms with Crippen LogP contribution in [-0.4, -0.2) is 49.5 Å². The van der Waals surface area contributed by atoms with Gasteiger partial charge in [-0.3, -0.25) is 13.9 Å². The van der Waals surface area contributed by atoms with Crippen LogP contribution in [0.4, 0.5) is 13.9 Å². The molecule has 38 heavy (non-hydrogen) atoms. The number of aromatic nitrogens is 1. The van der Waals surface area contributed by atoms with Gasteiger partial charge in [0.15, 0.2) is 5.13 Å². The van der Waals surface area contributed by atoms with Crippen molar-refractivity contribution in [3.8, 4) is 0 Å². The Balaban J connectivity index is 1.50. The summed E-state index contributed by atoms with van der Waals surface area (Å²) in [5, 5.41) is 19.1. The van der Waals surface area contributed by atoms with Gasteiger partial charge in [-0.05, 0) is 47.2 Å². The molecule has 1 aliphatic rings. The summed E-state index contributed by atoms with van der Waals surface area (Å²) in [6, 6.07) is 7.65. The van der Waals surface area contributed by atoms with Gasteiger partial charge in [-0.2, -0.15) is 10.6 Å². The Morgan fingerprint density at radius 1 is 1.21 bits per heavy atom. The van der Waals surface area contributed by atoms with Gasteiger partial charge in [0.25, 0.3) is 0 Å². The zero-order valence-corrected chi connectivity index (χ0v) is 22.5. The van der Waals surface area contributed by atoms with Gasteiger partial charge in [0.05, 0.1) is 41.8 Å². The summed E-state index contributed by atoms with van der Waals surface area (Å²) in [5.74, 6) is -1.67. The highest BCUT2D eigenvalue weighted by Gasteiger charge is 2.31. The van der Waals surface area contributed by atoms with Crippen LogP contribution < -0.4 is 16.4 Å². The van der Waals surface area contributed by atoms with E-state index in [0.29, 0.717) is 10.8 Å². The summed E-state index contributed by atoms with van der Waals surface area (Å²) in [4.78, 5) is 16.8. The molecule has 4 rings (SSSR count). The minimum atomic E-state index is -2.86. The van der Waals surface area contributed by atoms with Gasteiger partial charge in [0, 0.05) is 18.0 Å². The number of aryl methyl sites for hydroxylation is 1. The molecule has 0 fully saturated rings. The first kappa shape index (κ1) is 28.4. The number of halogens is 2. The zero-order chi connectivity index (χ0) is 27.4. The van der Waals surface area contributed by atoms with Crippen LogP contribution in [0.2, 0.25) is 0 Å². The fourth-order valence-electron chi connectivity index (χ4n) is 4.65. The predicted octanol–water partition coefficient (Wildman–Crippen LogP) is 3.79. The molecule has 3 aromatic rings. The second kappa shape index (κ2) is 12.1. The summed E-state index contributed by atoms with van der Waals surface area (Å²) in [6.45, 7) is 2.02. The van der Waals surface area contributed by atoms with Crippen LogP contribution in [0.3, 0.4) is 0 Å². The molecule has 0 unspecified atom stereocenters. The number of hydrogen-bond acceptors (Lipinski definition) is 8. The Bertz CT molecular complexity index is 1270. The van der Waals surface area contributed by atoms with E-state index in [0.717, 1.165) is 41.3 Å². The Labute approximate surface area is 225 Å². The van der Waals surface area contributed by atoms with E-state index in [1.165, 1.54) is 11.3 Å². The molecule has 0 saturated heterocycles. The lowest BCUT2D eigenvalue weighted by molar-refractivity contribution is -0.122. The van der Waals surface area contributed by atoms with Crippen LogP contribution in [-0.2, 0) is 29.8 Å². The Morgan fingerprint density at radius 3 is 2.61 bits per heavy atom. The van der Waals surface area contributed by atoms with Crippen LogP contribution >= 0.6 is 21.9 Å². The van der Waals surface area contributed by atoms with Crippen molar-refractivity contribution in [1.82, 2.24) is 15.6 Å². The summed E-state index contributed by atoms with van der Waals surface area (Å²) >= 11 is 1.20. The average molecular weight is 567 g/mol. The highest BCUT2D eigenvalue weighted by molar-refractivity contribution is 8.23. The van der Waals surface area contributed by atoms with Gasteiger partial charge in [-0.1, -0.05) is 25.1 Å². The van der Waals surface area contributed by atoms with Crippen LogP contribution in [0.15, 0.2) is 41.8 Å². The molecule has 1 amide bonds. The van der Waals surface area contributed by atoms with Crippen molar-refractivity contribution in [2.45, 2.75) is 50.1 Å². The number of nitrogen functional groups attached to an aromatic ring is 1. The lowest BCUT2D eigenvalue weighted by Crippen LogP contribution is -2.50. The largest absolute Gasteiger partial charge is 0.390 e. The van der Waals surface area contributed by atoms with Crippen LogP contribution in [0.1, 0.15) is 40.9 Å². The van der Waals surface area contributed by atoms with Crippen molar-refractivity contribution in [2.24, 2.45) is 0 Å². The first-order valence-electron chi connectivity index (χ1n) is 12.2. The fourth-order valence-corrected chi connectivity index (χ4v) is 6.92. The monoisotopic (exact) mass is 566 g/mol. The number of nitrogens with zero attached hydrogens (tertiary/aromatic N) is 1. The van der Waals surface area contributed by atoms with Gasteiger partial charge in [-0.25, -0.2) is 13.8 Å². The van der Waals surface area contributed by atoms with Crippen molar-refractivity contribution in [3.05, 3.63) is 81.4 Å². The molecule has 0 spiro atoms. The highest BCUT2D eigenvalue weighted by Crippen LogP contribution is 2.50. The molecule has 0 radical (unpaired) electrons. The molecule has 1 aromatic heterocycles. The Hall–Kier alpha value is -2.61. The number of aliphatic hydroxyl groups is 1. The summed E-state index contributed by atoms with van der Waals surface area (Å²) < 4.78 is 48.7. The number of hydrogen-bond donors (Lipinski definition) is 6. The highest BCUT2D eigenvalue weighted by atomic mass is 32.3. The molecular weight excluding hydrogens is 534 g/mol. The molecule has 0 aliphatic carbocycles. The average Bonchev–Trinajstić information content (AvgIpc) is 3.24. The zero-order valence-electron chi connectivity index (χ0n) is 20.9. The number of fused-ring (bicyclic) bond motifs is 1. The van der Waals surface area contributed by atoms with Crippen molar-refractivity contribution in [2.75, 3.05) is 18.0 Å². The molecule has 12 heteroatoms. The summed E-state index contributed by atoms with van der Waals surface area (Å²) in [7, 11) is -2.86. The maximum Gasteiger partial charge on any atom is 0.226 e. The van der Waals surface area contributed by atoms with E-state index >= 15 is 0 Å². The topological polar surface area (TPSA) is 141 Å². The second-order valence-electron chi connectivity index (χ2n) is 9.54. The molecule has 0 saturated carbocycles. The number of amides is 1. The van der Waals surface area contributed by atoms with E-state index in [1.807, 2.05) is 25.1 Å². The number of carbonyl (C=O) groups is 1. The predicted molar refractivity (Wildman–Crippen MR) is 146 cm³/mol. The molecule has 2 aromatic carbocycles. The number of anilines is 1. The Morgan fingerprint density at radius 2 is 1.95 bits per heavy atom. The summed E-state index contributed by atoms with van der Waals surface area (Å²) in [6.07, 6.45) is -0.438. The summed E-state index contributed by atoms with van der Waals surface area (Å²) in [5.41, 5.74) is 9.27. The minimum absolute atomic E-state index is 0.0115. The smallest absolute Gasteiger partial charge is 0.226 e. The van der Waals surface area contributed by atoms with E-state index in [2.05, 4.69) is 15.6 Å². The number of aliphatic hydroxyl groups excluding tert-OH is 1. The minimum Gasteiger partial charge on any atom is -0.390 e. The van der Waals surface area contributed by atoms with Gasteiger partial charge in [0.1, 0.15) is 11.6 Å². The van der Waals surface area contributed by atoms with E-state index in [9.17, 15) is 27.8 Å². The molecule has 8 nitrogen and oxygen atoms in total. The quantitative estimate of drug-likeness (QED) is 0.219. The number of thiazole rings is 1. The maximum absolute atomic E-state index is 13.8. The fraction of sp³-hybridized carbons (Fsp3) is 0.385. The molecule has 1 aliphatic heterocycles. The van der Waals surface area contributed by atoms with Crippen molar-refractivity contribution < 1.29 is 27.8 Å². The van der Waals surface area contributed by atoms with Crippen molar-refractivity contribution in [3.63, 3.8) is 0 Å². The van der Waals surface area contributed by atoms with Gasteiger partial charge in [0.2, 0.25) is 5.91 Å². The lowest BCUT2D eigenvalue weighted by atomic mass is 9.97. The third-order valence-electron chi connectivity index (χ3n) is 6.49. The Kier molecular flexibility index (Phi) is 9.01. The van der Waals surface area contributed by atoms with Crippen molar-refractivity contribution in [1.29, 1.82) is 0 Å². The molecule has 2 heterocycles. The first-order chi connectivity index (χ1) is 18.0. The van der Waals surface area contributed by atoms with Crippen LogP contribution in [0, 0.1) is 11.6 Å². The molecule has 3 atom stereocenters.